The van der Waals surface area contributed by atoms with Crippen molar-refractivity contribution in [1.29, 1.82) is 0 Å². The molecule has 2 heterocycles. The van der Waals surface area contributed by atoms with Gasteiger partial charge in [-0.1, -0.05) is 30.3 Å². The van der Waals surface area contributed by atoms with Crippen molar-refractivity contribution in [3.63, 3.8) is 0 Å². The molecule has 1 aliphatic heterocycles. The van der Waals surface area contributed by atoms with Gasteiger partial charge in [-0.15, -0.1) is 0 Å². The number of rotatable bonds is 7. The maximum Gasteiger partial charge on any atom is 0.353 e. The van der Waals surface area contributed by atoms with Crippen LogP contribution in [-0.4, -0.2) is 59.6 Å². The average Bonchev–Trinajstić information content (AvgIpc) is 2.68. The van der Waals surface area contributed by atoms with Crippen LogP contribution in [0.25, 0.3) is 0 Å². The third-order valence-electron chi connectivity index (χ3n) is 5.10. The summed E-state index contributed by atoms with van der Waals surface area (Å²) in [5.41, 5.74) is 1.12. The van der Waals surface area contributed by atoms with Gasteiger partial charge in [0.15, 0.2) is 0 Å². The lowest BCUT2D eigenvalue weighted by atomic mass is 10.0. The number of benzene rings is 1. The molecule has 8 heteroatoms. The quantitative estimate of drug-likeness (QED) is 0.592. The van der Waals surface area contributed by atoms with Crippen LogP contribution in [0.2, 0.25) is 0 Å². The summed E-state index contributed by atoms with van der Waals surface area (Å²) in [4.78, 5) is 24.0. The van der Waals surface area contributed by atoms with Gasteiger partial charge >= 0.3 is 5.69 Å². The molecule has 0 aliphatic carbocycles. The van der Waals surface area contributed by atoms with E-state index < -0.39 is 0 Å². The minimum absolute atomic E-state index is 0.0491. The van der Waals surface area contributed by atoms with Crippen LogP contribution in [0.4, 0.5) is 17.3 Å². The summed E-state index contributed by atoms with van der Waals surface area (Å²) in [6.07, 6.45) is 4.09. The summed E-state index contributed by atoms with van der Waals surface area (Å²) < 4.78 is 0. The van der Waals surface area contributed by atoms with Gasteiger partial charge in [0.1, 0.15) is 6.33 Å². The minimum Gasteiger partial charge on any atom is -0.364 e. The van der Waals surface area contributed by atoms with Crippen LogP contribution in [0.5, 0.6) is 0 Å². The van der Waals surface area contributed by atoms with Gasteiger partial charge in [0.2, 0.25) is 11.6 Å². The van der Waals surface area contributed by atoms with E-state index in [0.29, 0.717) is 12.4 Å². The number of aromatic nitrogens is 2. The van der Waals surface area contributed by atoms with E-state index in [1.54, 1.807) is 0 Å². The molecule has 0 unspecified atom stereocenters. The molecule has 0 bridgehead atoms. The molecule has 144 valence electrons. The fraction of sp³-hybridized carbons (Fsp3) is 0.474. The molecule has 1 aromatic carbocycles. The third-order valence-corrected chi connectivity index (χ3v) is 5.10. The second-order valence-electron chi connectivity index (χ2n) is 6.96. The molecular formula is C19H26N6O2. The molecule has 0 spiro atoms. The van der Waals surface area contributed by atoms with E-state index in [1.165, 1.54) is 11.9 Å². The first-order valence-electron chi connectivity index (χ1n) is 9.25. The van der Waals surface area contributed by atoms with Crippen LogP contribution in [0.15, 0.2) is 36.7 Å². The van der Waals surface area contributed by atoms with Crippen molar-refractivity contribution in [2.45, 2.75) is 25.3 Å². The summed E-state index contributed by atoms with van der Waals surface area (Å²) in [6, 6.07) is 10.3. The Labute approximate surface area is 159 Å². The molecule has 1 aliphatic rings. The Kier molecular flexibility index (Phi) is 6.18. The molecule has 0 saturated carbocycles. The molecule has 1 saturated heterocycles. The molecular weight excluding hydrogens is 344 g/mol. The number of nitrogens with one attached hydrogen (secondary N) is 1. The van der Waals surface area contributed by atoms with Gasteiger partial charge in [-0.05, 0) is 45.0 Å². The van der Waals surface area contributed by atoms with Crippen LogP contribution in [0.1, 0.15) is 18.4 Å². The zero-order chi connectivity index (χ0) is 19.2. The lowest BCUT2D eigenvalue weighted by molar-refractivity contribution is -0.383. The van der Waals surface area contributed by atoms with E-state index in [0.717, 1.165) is 32.4 Å². The van der Waals surface area contributed by atoms with Crippen molar-refractivity contribution in [3.8, 4) is 0 Å². The number of anilines is 2. The van der Waals surface area contributed by atoms with Gasteiger partial charge in [-0.2, -0.15) is 0 Å². The predicted molar refractivity (Wildman–Crippen MR) is 106 cm³/mol. The molecule has 27 heavy (non-hydrogen) atoms. The van der Waals surface area contributed by atoms with Gasteiger partial charge < -0.3 is 15.1 Å². The topological polar surface area (TPSA) is 87.4 Å². The van der Waals surface area contributed by atoms with E-state index in [-0.39, 0.29) is 22.5 Å². The standard InChI is InChI=1S/C19H26N6O2/c1-23-12-9-16(10-13-23)24(2)19-17(25(26)27)18(21-14-22-19)20-11-8-15-6-4-3-5-7-15/h3-7,14,16H,8-13H2,1-2H3,(H,20,21,22). The molecule has 0 atom stereocenters. The molecule has 0 radical (unpaired) electrons. The minimum atomic E-state index is -0.383. The summed E-state index contributed by atoms with van der Waals surface area (Å²) in [5, 5.41) is 14.9. The number of likely N-dealkylation sites (tertiary alicyclic amines) is 1. The van der Waals surface area contributed by atoms with Crippen molar-refractivity contribution in [1.82, 2.24) is 14.9 Å². The highest BCUT2D eigenvalue weighted by Crippen LogP contribution is 2.33. The Morgan fingerprint density at radius 2 is 1.96 bits per heavy atom. The second-order valence-corrected chi connectivity index (χ2v) is 6.96. The second kappa shape index (κ2) is 8.77. The summed E-state index contributed by atoms with van der Waals surface area (Å²) in [7, 11) is 3.98. The van der Waals surface area contributed by atoms with Crippen molar-refractivity contribution < 1.29 is 4.92 Å². The Balaban J connectivity index is 1.75. The smallest absolute Gasteiger partial charge is 0.353 e. The fourth-order valence-corrected chi connectivity index (χ4v) is 3.45. The normalized spacial score (nSPS) is 15.5. The molecule has 2 aromatic rings. The van der Waals surface area contributed by atoms with Crippen molar-refractivity contribution >= 4 is 17.3 Å². The van der Waals surface area contributed by atoms with E-state index in [4.69, 9.17) is 0 Å². The Bertz CT molecular complexity index is 762. The Morgan fingerprint density at radius 1 is 1.26 bits per heavy atom. The van der Waals surface area contributed by atoms with Crippen LogP contribution in [-0.2, 0) is 6.42 Å². The largest absolute Gasteiger partial charge is 0.364 e. The first kappa shape index (κ1) is 19.0. The maximum atomic E-state index is 11.8. The first-order valence-corrected chi connectivity index (χ1v) is 9.25. The van der Waals surface area contributed by atoms with Crippen LogP contribution in [0, 0.1) is 10.1 Å². The molecule has 1 aromatic heterocycles. The van der Waals surface area contributed by atoms with Crippen molar-refractivity contribution in [2.24, 2.45) is 0 Å². The maximum absolute atomic E-state index is 11.8. The number of hydrogen-bond acceptors (Lipinski definition) is 7. The number of piperidine rings is 1. The molecule has 0 amide bonds. The first-order chi connectivity index (χ1) is 13.1. The zero-order valence-corrected chi connectivity index (χ0v) is 15.8. The van der Waals surface area contributed by atoms with Crippen molar-refractivity contribution in [3.05, 3.63) is 52.3 Å². The Hall–Kier alpha value is -2.74. The van der Waals surface area contributed by atoms with Gasteiger partial charge in [0.25, 0.3) is 0 Å². The van der Waals surface area contributed by atoms with E-state index in [9.17, 15) is 10.1 Å². The van der Waals surface area contributed by atoms with Crippen LogP contribution < -0.4 is 10.2 Å². The number of nitrogens with zero attached hydrogens (tertiary/aromatic N) is 5. The third kappa shape index (κ3) is 4.71. The summed E-state index contributed by atoms with van der Waals surface area (Å²) in [6.45, 7) is 2.53. The zero-order valence-electron chi connectivity index (χ0n) is 15.8. The van der Waals surface area contributed by atoms with E-state index in [1.807, 2.05) is 42.3 Å². The molecule has 1 fully saturated rings. The van der Waals surface area contributed by atoms with Gasteiger partial charge in [0, 0.05) is 19.6 Å². The predicted octanol–water partition coefficient (Wildman–Crippen LogP) is 2.57. The Morgan fingerprint density at radius 3 is 2.63 bits per heavy atom. The molecule has 3 rings (SSSR count). The highest BCUT2D eigenvalue weighted by molar-refractivity contribution is 5.70. The SMILES string of the molecule is CN1CCC(N(C)c2ncnc(NCCc3ccccc3)c2[N+](=O)[O-])CC1. The highest BCUT2D eigenvalue weighted by Gasteiger charge is 2.30. The number of hydrogen-bond donors (Lipinski definition) is 1. The summed E-state index contributed by atoms with van der Waals surface area (Å²) in [5.74, 6) is 0.660. The van der Waals surface area contributed by atoms with Crippen LogP contribution in [0.3, 0.4) is 0 Å². The van der Waals surface area contributed by atoms with Crippen molar-refractivity contribution in [2.75, 3.05) is 43.9 Å². The lowest BCUT2D eigenvalue weighted by Crippen LogP contribution is -2.42. The lowest BCUT2D eigenvalue weighted by Gasteiger charge is -2.35. The van der Waals surface area contributed by atoms with E-state index in [2.05, 4.69) is 27.2 Å². The van der Waals surface area contributed by atoms with Gasteiger partial charge in [-0.3, -0.25) is 10.1 Å². The number of nitro groups is 1. The van der Waals surface area contributed by atoms with Gasteiger partial charge in [0.05, 0.1) is 4.92 Å². The highest BCUT2D eigenvalue weighted by atomic mass is 16.6. The fourth-order valence-electron chi connectivity index (χ4n) is 3.45. The molecule has 8 nitrogen and oxygen atoms in total. The molecule has 1 N–H and O–H groups in total. The average molecular weight is 370 g/mol. The van der Waals surface area contributed by atoms with Gasteiger partial charge in [-0.25, -0.2) is 9.97 Å². The van der Waals surface area contributed by atoms with Crippen LogP contribution >= 0.6 is 0 Å². The van der Waals surface area contributed by atoms with E-state index >= 15 is 0 Å². The summed E-state index contributed by atoms with van der Waals surface area (Å²) >= 11 is 0. The monoisotopic (exact) mass is 370 g/mol.